The molecular weight excluding hydrogens is 440 g/mol. The fraction of sp³-hybridized carbons (Fsp3) is 0.318. The average Bonchev–Trinajstić information content (AvgIpc) is 2.75. The number of benzene rings is 2. The van der Waals surface area contributed by atoms with Crippen LogP contribution >= 0.6 is 15.9 Å². The molecule has 2 aromatic carbocycles. The highest BCUT2D eigenvalue weighted by Gasteiger charge is 2.37. The van der Waals surface area contributed by atoms with Gasteiger partial charge in [-0.3, -0.25) is 9.59 Å². The summed E-state index contributed by atoms with van der Waals surface area (Å²) in [5.74, 6) is -0.757. The molecule has 0 radical (unpaired) electrons. The SMILES string of the molecule is CCCCOC(=O)c1c(OC)cc2c(c1CBr)C(=O)c1c(OC)cccc1C2=O. The van der Waals surface area contributed by atoms with Gasteiger partial charge in [-0.25, -0.2) is 4.79 Å². The van der Waals surface area contributed by atoms with Gasteiger partial charge in [0.1, 0.15) is 17.1 Å². The van der Waals surface area contributed by atoms with Crippen molar-refractivity contribution >= 4 is 33.5 Å². The first kappa shape index (κ1) is 21.0. The van der Waals surface area contributed by atoms with Crippen LogP contribution < -0.4 is 9.47 Å². The highest BCUT2D eigenvalue weighted by molar-refractivity contribution is 9.08. The molecule has 2 aromatic rings. The van der Waals surface area contributed by atoms with E-state index >= 15 is 0 Å². The van der Waals surface area contributed by atoms with Gasteiger partial charge in [0.05, 0.1) is 26.4 Å². The molecule has 0 saturated heterocycles. The van der Waals surface area contributed by atoms with E-state index in [0.717, 1.165) is 12.8 Å². The third-order valence-corrected chi connectivity index (χ3v) is 5.43. The molecule has 0 aliphatic heterocycles. The Hall–Kier alpha value is -2.67. The molecule has 0 amide bonds. The van der Waals surface area contributed by atoms with Gasteiger partial charge in [0.15, 0.2) is 11.6 Å². The zero-order chi connectivity index (χ0) is 21.1. The average molecular weight is 461 g/mol. The van der Waals surface area contributed by atoms with Gasteiger partial charge in [-0.05, 0) is 24.1 Å². The summed E-state index contributed by atoms with van der Waals surface area (Å²) >= 11 is 3.37. The molecule has 152 valence electrons. The third kappa shape index (κ3) is 3.55. The third-order valence-electron chi connectivity index (χ3n) is 4.87. The second kappa shape index (κ2) is 8.78. The predicted octanol–water partition coefficient (Wildman–Crippen LogP) is 4.33. The Balaban J connectivity index is 2.24. The number of hydrogen-bond donors (Lipinski definition) is 0. The molecule has 0 atom stereocenters. The number of ketones is 2. The van der Waals surface area contributed by atoms with Crippen molar-refractivity contribution in [1.82, 2.24) is 0 Å². The van der Waals surface area contributed by atoms with E-state index in [1.54, 1.807) is 18.2 Å². The predicted molar refractivity (Wildman–Crippen MR) is 111 cm³/mol. The molecule has 29 heavy (non-hydrogen) atoms. The summed E-state index contributed by atoms with van der Waals surface area (Å²) in [6, 6.07) is 6.33. The summed E-state index contributed by atoms with van der Waals surface area (Å²) in [6.07, 6.45) is 1.61. The highest BCUT2D eigenvalue weighted by atomic mass is 79.9. The van der Waals surface area contributed by atoms with Crippen LogP contribution in [0.1, 0.15) is 67.5 Å². The Bertz CT molecular complexity index is 995. The van der Waals surface area contributed by atoms with Gasteiger partial charge in [0, 0.05) is 22.0 Å². The van der Waals surface area contributed by atoms with E-state index in [1.807, 2.05) is 6.92 Å². The van der Waals surface area contributed by atoms with Crippen molar-refractivity contribution in [3.63, 3.8) is 0 Å². The molecule has 0 fully saturated rings. The summed E-state index contributed by atoms with van der Waals surface area (Å²) in [5, 5.41) is 0.175. The van der Waals surface area contributed by atoms with Crippen LogP contribution in [0.15, 0.2) is 24.3 Å². The minimum absolute atomic E-state index is 0.152. The molecule has 0 saturated carbocycles. The Kier molecular flexibility index (Phi) is 6.37. The molecule has 1 aliphatic carbocycles. The van der Waals surface area contributed by atoms with E-state index < -0.39 is 5.97 Å². The zero-order valence-electron chi connectivity index (χ0n) is 16.5. The summed E-state index contributed by atoms with van der Waals surface area (Å²) in [7, 11) is 2.85. The van der Waals surface area contributed by atoms with Crippen molar-refractivity contribution in [2.45, 2.75) is 25.1 Å². The number of carbonyl (C=O) groups excluding carboxylic acids is 3. The number of methoxy groups -OCH3 is 2. The molecule has 1 aliphatic rings. The van der Waals surface area contributed by atoms with Gasteiger partial charge in [0.2, 0.25) is 0 Å². The van der Waals surface area contributed by atoms with Gasteiger partial charge in [-0.2, -0.15) is 0 Å². The minimum Gasteiger partial charge on any atom is -0.496 e. The Morgan fingerprint density at radius 2 is 1.72 bits per heavy atom. The molecule has 7 heteroatoms. The van der Waals surface area contributed by atoms with E-state index in [-0.39, 0.29) is 57.1 Å². The van der Waals surface area contributed by atoms with Crippen LogP contribution in [-0.2, 0) is 10.1 Å². The van der Waals surface area contributed by atoms with Crippen LogP contribution in [-0.4, -0.2) is 38.4 Å². The van der Waals surface area contributed by atoms with E-state index in [1.165, 1.54) is 20.3 Å². The fourth-order valence-electron chi connectivity index (χ4n) is 3.44. The molecule has 0 aromatic heterocycles. The van der Waals surface area contributed by atoms with Crippen LogP contribution in [0.25, 0.3) is 0 Å². The smallest absolute Gasteiger partial charge is 0.342 e. The van der Waals surface area contributed by atoms with Crippen molar-refractivity contribution in [1.29, 1.82) is 0 Å². The molecule has 0 bridgehead atoms. The standard InChI is InChI=1S/C22H21BrO6/c1-4-5-9-29-22(26)19-14(11-23)17-13(10-16(19)28-3)20(24)12-7-6-8-15(27-2)18(12)21(17)25/h6-8,10H,4-5,9,11H2,1-3H3. The number of hydrogen-bond acceptors (Lipinski definition) is 6. The van der Waals surface area contributed by atoms with Crippen molar-refractivity contribution in [3.8, 4) is 11.5 Å². The monoisotopic (exact) mass is 460 g/mol. The van der Waals surface area contributed by atoms with Crippen LogP contribution in [0, 0.1) is 0 Å². The van der Waals surface area contributed by atoms with Gasteiger partial charge in [-0.1, -0.05) is 41.4 Å². The van der Waals surface area contributed by atoms with Crippen molar-refractivity contribution in [2.75, 3.05) is 20.8 Å². The highest BCUT2D eigenvalue weighted by Crippen LogP contribution is 2.39. The lowest BCUT2D eigenvalue weighted by Crippen LogP contribution is -2.25. The maximum absolute atomic E-state index is 13.4. The molecule has 0 N–H and O–H groups in total. The Morgan fingerprint density at radius 3 is 2.34 bits per heavy atom. The number of unbranched alkanes of at least 4 members (excludes halogenated alkanes) is 1. The van der Waals surface area contributed by atoms with Gasteiger partial charge < -0.3 is 14.2 Å². The lowest BCUT2D eigenvalue weighted by atomic mass is 9.80. The maximum Gasteiger partial charge on any atom is 0.342 e. The number of rotatable bonds is 7. The number of esters is 1. The van der Waals surface area contributed by atoms with Crippen LogP contribution in [0.5, 0.6) is 11.5 Å². The summed E-state index contributed by atoms with van der Waals surface area (Å²) in [4.78, 5) is 39.3. The van der Waals surface area contributed by atoms with Crippen molar-refractivity contribution in [2.24, 2.45) is 0 Å². The number of halogens is 1. The Labute approximate surface area is 177 Å². The lowest BCUT2D eigenvalue weighted by molar-refractivity contribution is 0.0494. The summed E-state index contributed by atoms with van der Waals surface area (Å²) in [5.41, 5.74) is 1.36. The zero-order valence-corrected chi connectivity index (χ0v) is 18.1. The second-order valence-corrected chi connectivity index (χ2v) is 7.08. The molecule has 6 nitrogen and oxygen atoms in total. The minimum atomic E-state index is -0.585. The number of alkyl halides is 1. The first-order valence-corrected chi connectivity index (χ1v) is 10.4. The number of carbonyl (C=O) groups is 3. The molecular formula is C22H21BrO6. The quantitative estimate of drug-likeness (QED) is 0.296. The van der Waals surface area contributed by atoms with E-state index in [4.69, 9.17) is 14.2 Å². The van der Waals surface area contributed by atoms with Gasteiger partial charge in [0.25, 0.3) is 0 Å². The van der Waals surface area contributed by atoms with Crippen LogP contribution in [0.2, 0.25) is 0 Å². The maximum atomic E-state index is 13.4. The van der Waals surface area contributed by atoms with Crippen LogP contribution in [0.3, 0.4) is 0 Å². The van der Waals surface area contributed by atoms with Crippen LogP contribution in [0.4, 0.5) is 0 Å². The number of fused-ring (bicyclic) bond motifs is 2. The molecule has 0 unspecified atom stereocenters. The molecule has 0 heterocycles. The Morgan fingerprint density at radius 1 is 1.00 bits per heavy atom. The molecule has 0 spiro atoms. The topological polar surface area (TPSA) is 78.9 Å². The normalized spacial score (nSPS) is 12.3. The largest absolute Gasteiger partial charge is 0.496 e. The fourth-order valence-corrected chi connectivity index (χ4v) is 4.01. The summed E-state index contributed by atoms with van der Waals surface area (Å²) in [6.45, 7) is 2.26. The summed E-state index contributed by atoms with van der Waals surface area (Å²) < 4.78 is 16.1. The van der Waals surface area contributed by atoms with E-state index in [9.17, 15) is 14.4 Å². The first-order chi connectivity index (χ1) is 14.0. The second-order valence-electron chi connectivity index (χ2n) is 6.52. The first-order valence-electron chi connectivity index (χ1n) is 9.23. The van der Waals surface area contributed by atoms with E-state index in [0.29, 0.717) is 11.3 Å². The van der Waals surface area contributed by atoms with Gasteiger partial charge in [-0.15, -0.1) is 0 Å². The van der Waals surface area contributed by atoms with Crippen molar-refractivity contribution < 1.29 is 28.6 Å². The number of ether oxygens (including phenoxy) is 3. The molecule has 3 rings (SSSR count). The van der Waals surface area contributed by atoms with Crippen molar-refractivity contribution in [3.05, 3.63) is 57.6 Å². The lowest BCUT2D eigenvalue weighted by Gasteiger charge is -2.24. The van der Waals surface area contributed by atoms with Gasteiger partial charge >= 0.3 is 5.97 Å². The van der Waals surface area contributed by atoms with E-state index in [2.05, 4.69) is 15.9 Å².